The number of fused-ring (bicyclic) bond motifs is 1. The van der Waals surface area contributed by atoms with E-state index in [1.807, 2.05) is 24.0 Å². The van der Waals surface area contributed by atoms with Gasteiger partial charge < -0.3 is 25.8 Å². The van der Waals surface area contributed by atoms with Crippen LogP contribution in [0.1, 0.15) is 30.1 Å². The molecule has 2 aromatic heterocycles. The number of piperidine rings is 1. The number of nitrogens with two attached hydrogens (primary N) is 1. The number of allylic oxidation sites excluding steroid dienone is 2. The summed E-state index contributed by atoms with van der Waals surface area (Å²) >= 11 is 0. The summed E-state index contributed by atoms with van der Waals surface area (Å²) in [4.78, 5) is 58.8. The van der Waals surface area contributed by atoms with Crippen LogP contribution in [0.4, 0.5) is 11.6 Å². The van der Waals surface area contributed by atoms with Gasteiger partial charge in [-0.1, -0.05) is 24.3 Å². The number of aromatic nitrogens is 4. The van der Waals surface area contributed by atoms with Crippen molar-refractivity contribution in [2.75, 3.05) is 36.9 Å². The minimum atomic E-state index is -0.635. The maximum atomic E-state index is 13.8. The minimum Gasteiger partial charge on any atom is -0.376 e. The molecule has 4 rings (SSSR count). The summed E-state index contributed by atoms with van der Waals surface area (Å²) in [6.45, 7) is 3.12. The predicted octanol–water partition coefficient (Wildman–Crippen LogP) is 0.441. The molecule has 1 aliphatic rings. The quantitative estimate of drug-likeness (QED) is 0.271. The van der Waals surface area contributed by atoms with Crippen LogP contribution in [-0.4, -0.2) is 63.1 Å². The van der Waals surface area contributed by atoms with Crippen LogP contribution in [0.25, 0.3) is 11.2 Å². The van der Waals surface area contributed by atoms with E-state index in [1.54, 1.807) is 35.9 Å². The van der Waals surface area contributed by atoms with Crippen molar-refractivity contribution in [2.45, 2.75) is 38.9 Å². The van der Waals surface area contributed by atoms with E-state index in [9.17, 15) is 19.2 Å². The largest absolute Gasteiger partial charge is 0.376 e. The number of benzene rings is 1. The maximum Gasteiger partial charge on any atom is 0.332 e. The molecule has 202 valence electrons. The van der Waals surface area contributed by atoms with Crippen molar-refractivity contribution < 1.29 is 9.59 Å². The number of Topliss-reactive ketones (excluding diaryl/α,β-unsaturated/α-hetero) is 1. The van der Waals surface area contributed by atoms with E-state index in [0.717, 1.165) is 24.0 Å². The summed E-state index contributed by atoms with van der Waals surface area (Å²) in [5, 5.41) is 5.45. The van der Waals surface area contributed by atoms with Crippen LogP contribution in [0.3, 0.4) is 0 Å². The Morgan fingerprint density at radius 3 is 2.68 bits per heavy atom. The van der Waals surface area contributed by atoms with Crippen LogP contribution >= 0.6 is 0 Å². The number of rotatable bonds is 9. The maximum absolute atomic E-state index is 13.8. The van der Waals surface area contributed by atoms with Gasteiger partial charge in [-0.25, -0.2) is 4.79 Å². The molecule has 1 fully saturated rings. The monoisotopic (exact) mass is 522 g/mol. The third kappa shape index (κ3) is 5.25. The van der Waals surface area contributed by atoms with Crippen LogP contribution < -0.4 is 32.5 Å². The first-order chi connectivity index (χ1) is 18.3. The molecule has 1 aromatic carbocycles. The lowest BCUT2D eigenvalue weighted by atomic mass is 10.1. The van der Waals surface area contributed by atoms with E-state index in [0.29, 0.717) is 24.7 Å². The predicted molar refractivity (Wildman–Crippen MR) is 147 cm³/mol. The van der Waals surface area contributed by atoms with Gasteiger partial charge in [0.2, 0.25) is 11.9 Å². The second-order valence-electron chi connectivity index (χ2n) is 9.34. The van der Waals surface area contributed by atoms with Crippen LogP contribution in [0.2, 0.25) is 0 Å². The first-order valence-corrected chi connectivity index (χ1v) is 12.6. The number of imidazole rings is 1. The number of amides is 1. The molecule has 12 heteroatoms. The van der Waals surface area contributed by atoms with Gasteiger partial charge in [0.15, 0.2) is 16.9 Å². The molecule has 1 unspecified atom stereocenters. The van der Waals surface area contributed by atoms with Gasteiger partial charge in [0.1, 0.15) is 0 Å². The van der Waals surface area contributed by atoms with Crippen molar-refractivity contribution in [1.29, 1.82) is 0 Å². The van der Waals surface area contributed by atoms with Gasteiger partial charge in [-0.2, -0.15) is 4.98 Å². The minimum absolute atomic E-state index is 0.00564. The van der Waals surface area contributed by atoms with Crippen molar-refractivity contribution in [3.05, 3.63) is 62.8 Å². The average Bonchev–Trinajstić information content (AvgIpc) is 3.31. The first-order valence-electron chi connectivity index (χ1n) is 12.6. The molecule has 0 bridgehead atoms. The summed E-state index contributed by atoms with van der Waals surface area (Å²) in [5.74, 6) is -0.110. The van der Waals surface area contributed by atoms with Crippen molar-refractivity contribution in [2.24, 2.45) is 12.8 Å². The Kier molecular flexibility index (Phi) is 8.10. The molecule has 0 aliphatic carbocycles. The number of likely N-dealkylation sites (N-methyl/N-ethyl adjacent to an activating group) is 1. The number of nitrogens with zero attached hydrogens (tertiary/aromatic N) is 5. The lowest BCUT2D eigenvalue weighted by Crippen LogP contribution is -2.44. The molecular weight excluding hydrogens is 488 g/mol. The number of hydrogen-bond donors (Lipinski definition) is 3. The Bertz CT molecular complexity index is 1500. The fourth-order valence-corrected chi connectivity index (χ4v) is 4.69. The van der Waals surface area contributed by atoms with Crippen molar-refractivity contribution >= 4 is 34.5 Å². The molecule has 1 aliphatic heterocycles. The number of aryl methyl sites for hydroxylation is 1. The summed E-state index contributed by atoms with van der Waals surface area (Å²) < 4.78 is 4.04. The van der Waals surface area contributed by atoms with Gasteiger partial charge in [-0.05, 0) is 31.9 Å². The third-order valence-electron chi connectivity index (χ3n) is 6.72. The van der Waals surface area contributed by atoms with Crippen LogP contribution in [-0.2, 0) is 24.9 Å². The Balaban J connectivity index is 1.78. The molecule has 1 saturated heterocycles. The van der Waals surface area contributed by atoms with Crippen molar-refractivity contribution in [3.8, 4) is 0 Å². The lowest BCUT2D eigenvalue weighted by molar-refractivity contribution is -0.118. The molecule has 4 N–H and O–H groups in total. The zero-order valence-electron chi connectivity index (χ0n) is 21.9. The fourth-order valence-electron chi connectivity index (χ4n) is 4.69. The summed E-state index contributed by atoms with van der Waals surface area (Å²) in [6, 6.07) is 6.67. The fraction of sp³-hybridized carbons (Fsp3) is 0.423. The van der Waals surface area contributed by atoms with Gasteiger partial charge in [-0.15, -0.1) is 0 Å². The number of ketones is 1. The molecule has 12 nitrogen and oxygen atoms in total. The zero-order valence-corrected chi connectivity index (χ0v) is 21.9. The second-order valence-corrected chi connectivity index (χ2v) is 9.34. The summed E-state index contributed by atoms with van der Waals surface area (Å²) in [6.07, 6.45) is 5.60. The average molecular weight is 523 g/mol. The SMILES string of the molecule is CC=CCn1c(N2CCCC(N)C2)nc2c1c(=O)n(CC(=O)c1ccccc1NCC(=O)NC)c(=O)n2C. The molecule has 1 atom stereocenters. The van der Waals surface area contributed by atoms with Gasteiger partial charge in [0.25, 0.3) is 5.56 Å². The smallest absolute Gasteiger partial charge is 0.332 e. The van der Waals surface area contributed by atoms with Gasteiger partial charge in [-0.3, -0.25) is 23.5 Å². The lowest BCUT2D eigenvalue weighted by Gasteiger charge is -2.31. The van der Waals surface area contributed by atoms with Crippen LogP contribution in [0.5, 0.6) is 0 Å². The topological polar surface area (TPSA) is 149 Å². The highest BCUT2D eigenvalue weighted by Crippen LogP contribution is 2.23. The third-order valence-corrected chi connectivity index (χ3v) is 6.72. The normalized spacial score (nSPS) is 15.8. The molecule has 1 amide bonds. The van der Waals surface area contributed by atoms with Gasteiger partial charge >= 0.3 is 5.69 Å². The van der Waals surface area contributed by atoms with Crippen molar-refractivity contribution in [3.63, 3.8) is 0 Å². The first kappa shape index (κ1) is 26.9. The van der Waals surface area contributed by atoms with E-state index < -0.39 is 23.6 Å². The van der Waals surface area contributed by atoms with E-state index in [4.69, 9.17) is 10.7 Å². The molecule has 0 saturated carbocycles. The zero-order chi connectivity index (χ0) is 27.4. The summed E-state index contributed by atoms with van der Waals surface area (Å²) in [5.41, 5.74) is 6.20. The highest BCUT2D eigenvalue weighted by atomic mass is 16.2. The Morgan fingerprint density at radius 1 is 1.21 bits per heavy atom. The van der Waals surface area contributed by atoms with E-state index in [2.05, 4.69) is 10.6 Å². The second kappa shape index (κ2) is 11.5. The molecule has 0 radical (unpaired) electrons. The van der Waals surface area contributed by atoms with E-state index >= 15 is 0 Å². The number of hydrogen-bond acceptors (Lipinski definition) is 8. The van der Waals surface area contributed by atoms with Gasteiger partial charge in [0, 0.05) is 51.0 Å². The van der Waals surface area contributed by atoms with Crippen LogP contribution in [0, 0.1) is 0 Å². The van der Waals surface area contributed by atoms with Gasteiger partial charge in [0.05, 0.1) is 13.1 Å². The molecule has 0 spiro atoms. The van der Waals surface area contributed by atoms with Crippen LogP contribution in [0.15, 0.2) is 46.0 Å². The Hall–Kier alpha value is -4.19. The molecule has 3 aromatic rings. The number of carbonyl (C=O) groups is 2. The molecule has 3 heterocycles. The highest BCUT2D eigenvalue weighted by Gasteiger charge is 2.26. The number of carbonyl (C=O) groups excluding carboxylic acids is 2. The van der Waals surface area contributed by atoms with E-state index in [1.165, 1.54) is 11.6 Å². The Morgan fingerprint density at radius 2 is 1.97 bits per heavy atom. The highest BCUT2D eigenvalue weighted by molar-refractivity contribution is 6.01. The number of anilines is 2. The molecule has 38 heavy (non-hydrogen) atoms. The van der Waals surface area contributed by atoms with E-state index in [-0.39, 0.29) is 35.2 Å². The standard InChI is InChI=1S/C26H34N8O4/c1-4-5-13-33-22-23(30-25(33)32-12-8-9-17(27)15-32)31(3)26(38)34(24(22)37)16-20(35)18-10-6-7-11-19(18)29-14-21(36)28-2/h4-7,10-11,17,29H,8-9,12-16,27H2,1-3H3,(H,28,36). The Labute approximate surface area is 219 Å². The number of para-hydroxylation sites is 1. The summed E-state index contributed by atoms with van der Waals surface area (Å²) in [7, 11) is 3.06. The molecular formula is C26H34N8O4. The number of nitrogens with one attached hydrogen (secondary N) is 2. The van der Waals surface area contributed by atoms with Crippen molar-refractivity contribution in [1.82, 2.24) is 24.0 Å².